The van der Waals surface area contributed by atoms with Crippen LogP contribution in [0.4, 0.5) is 5.69 Å². The van der Waals surface area contributed by atoms with Crippen LogP contribution in [0.1, 0.15) is 0 Å². The van der Waals surface area contributed by atoms with Gasteiger partial charge in [0.15, 0.2) is 0 Å². The fourth-order valence-electron chi connectivity index (χ4n) is 0.821. The van der Waals surface area contributed by atoms with E-state index < -0.39 is 12.6 Å². The van der Waals surface area contributed by atoms with E-state index in [1.807, 2.05) is 0 Å². The highest BCUT2D eigenvalue weighted by molar-refractivity contribution is 9.10. The maximum absolute atomic E-state index is 10.4. The molecule has 0 aliphatic carbocycles. The topological polar surface area (TPSA) is 72.6 Å². The third-order valence-corrected chi connectivity index (χ3v) is 2.16. The summed E-state index contributed by atoms with van der Waals surface area (Å²) >= 11 is 3.01. The van der Waals surface area contributed by atoms with E-state index in [-0.39, 0.29) is 15.9 Å². The molecule has 1 aromatic carbocycles. The molecule has 0 saturated carbocycles. The third kappa shape index (κ3) is 2.19. The lowest BCUT2D eigenvalue weighted by Crippen LogP contribution is -2.01. The summed E-state index contributed by atoms with van der Waals surface area (Å²) < 4.78 is 4.96. The van der Waals surface area contributed by atoms with Gasteiger partial charge in [0.25, 0.3) is 5.69 Å². The third-order valence-electron chi connectivity index (χ3n) is 1.36. The van der Waals surface area contributed by atoms with Gasteiger partial charge in [-0.05, 0) is 22.0 Å². The average Bonchev–Trinajstić information content (AvgIpc) is 2.08. The average molecular weight is 246 g/mol. The molecule has 0 radical (unpaired) electrons. The first-order valence-electron chi connectivity index (χ1n) is 3.33. The largest absolute Gasteiger partial charge is 0.538 e. The summed E-state index contributed by atoms with van der Waals surface area (Å²) in [5.41, 5.74) is -0.0917. The van der Waals surface area contributed by atoms with E-state index >= 15 is 0 Å². The van der Waals surface area contributed by atoms with Gasteiger partial charge in [-0.1, -0.05) is 6.07 Å². The molecule has 0 aromatic heterocycles. The van der Waals surface area contributed by atoms with Gasteiger partial charge in [0, 0.05) is 6.07 Å². The Bertz CT molecular complexity index is 332. The van der Waals surface area contributed by atoms with Gasteiger partial charge in [-0.25, -0.2) is 0 Å². The van der Waals surface area contributed by atoms with E-state index in [4.69, 9.17) is 9.68 Å². The number of hydrogen-bond acceptors (Lipinski definition) is 4. The van der Waals surface area contributed by atoms with Crippen molar-refractivity contribution in [2.24, 2.45) is 0 Å². The minimum Gasteiger partial charge on any atom is -0.538 e. The summed E-state index contributed by atoms with van der Waals surface area (Å²) in [6.45, 7) is 0. The molecular weight excluding hydrogens is 241 g/mol. The summed E-state index contributed by atoms with van der Waals surface area (Å²) in [7, 11) is -0.514. The van der Waals surface area contributed by atoms with Gasteiger partial charge in [-0.2, -0.15) is 0 Å². The van der Waals surface area contributed by atoms with E-state index in [1.54, 1.807) is 0 Å². The maximum Gasteiger partial charge on any atom is 0.504 e. The van der Waals surface area contributed by atoms with Gasteiger partial charge in [-0.15, -0.1) is 0 Å². The molecule has 1 aromatic rings. The van der Waals surface area contributed by atoms with Gasteiger partial charge in [0.05, 0.1) is 4.92 Å². The molecule has 7 heteroatoms. The number of nitro groups is 1. The van der Waals surface area contributed by atoms with Crippen LogP contribution >= 0.6 is 15.9 Å². The SMILES string of the molecule is O=[N+]([O-])c1cccc(OBO)c1Br. The Labute approximate surface area is 82.9 Å². The number of nitro benzene ring substituents is 1. The lowest BCUT2D eigenvalue weighted by molar-refractivity contribution is -0.385. The van der Waals surface area contributed by atoms with Crippen LogP contribution in [0.25, 0.3) is 0 Å². The Kier molecular flexibility index (Phi) is 3.27. The van der Waals surface area contributed by atoms with Crippen LogP contribution in [0.5, 0.6) is 5.75 Å². The van der Waals surface area contributed by atoms with Crippen LogP contribution in [-0.4, -0.2) is 17.6 Å². The maximum atomic E-state index is 10.4. The van der Waals surface area contributed by atoms with Crippen LogP contribution in [0, 0.1) is 10.1 Å². The van der Waals surface area contributed by atoms with Crippen molar-refractivity contribution in [3.8, 4) is 5.75 Å². The fraction of sp³-hybridized carbons (Fsp3) is 0. The van der Waals surface area contributed by atoms with Gasteiger partial charge in [0.2, 0.25) is 0 Å². The minimum absolute atomic E-state index is 0.0917. The molecule has 0 unspecified atom stereocenters. The van der Waals surface area contributed by atoms with E-state index in [0.717, 1.165) is 0 Å². The van der Waals surface area contributed by atoms with Crippen LogP contribution in [0.3, 0.4) is 0 Å². The number of benzene rings is 1. The lowest BCUT2D eigenvalue weighted by Gasteiger charge is -2.03. The molecule has 13 heavy (non-hydrogen) atoms. The smallest absolute Gasteiger partial charge is 0.504 e. The standard InChI is InChI=1S/C6H5BBrNO4/c8-6-4(9(11)12)2-1-3-5(6)13-7-10/h1-3,7,10H. The first-order valence-corrected chi connectivity index (χ1v) is 4.12. The van der Waals surface area contributed by atoms with Gasteiger partial charge >= 0.3 is 7.69 Å². The highest BCUT2D eigenvalue weighted by Gasteiger charge is 2.15. The predicted octanol–water partition coefficient (Wildman–Crippen LogP) is 0.995. The van der Waals surface area contributed by atoms with E-state index in [1.165, 1.54) is 18.2 Å². The fourth-order valence-corrected chi connectivity index (χ4v) is 1.34. The Hall–Kier alpha value is -1.08. The van der Waals surface area contributed by atoms with Crippen LogP contribution in [0.15, 0.2) is 22.7 Å². The molecule has 0 heterocycles. The number of rotatable bonds is 3. The van der Waals surface area contributed by atoms with E-state index in [9.17, 15) is 10.1 Å². The van der Waals surface area contributed by atoms with E-state index in [2.05, 4.69) is 15.9 Å². The van der Waals surface area contributed by atoms with Crippen molar-refractivity contribution in [3.05, 3.63) is 32.8 Å². The normalized spacial score (nSPS) is 9.38. The molecule has 0 amide bonds. The highest BCUT2D eigenvalue weighted by atomic mass is 79.9. The van der Waals surface area contributed by atoms with Gasteiger partial charge in [0.1, 0.15) is 10.2 Å². The molecule has 0 spiro atoms. The van der Waals surface area contributed by atoms with Crippen molar-refractivity contribution in [1.29, 1.82) is 0 Å². The molecule has 0 aliphatic heterocycles. The summed E-state index contributed by atoms with van der Waals surface area (Å²) in [6.07, 6.45) is 0. The van der Waals surface area contributed by atoms with Crippen molar-refractivity contribution in [2.45, 2.75) is 0 Å². The summed E-state index contributed by atoms with van der Waals surface area (Å²) in [4.78, 5) is 9.90. The second kappa shape index (κ2) is 4.24. The molecule has 0 atom stereocenters. The first-order chi connectivity index (χ1) is 6.16. The molecule has 0 aliphatic rings. The van der Waals surface area contributed by atoms with Crippen molar-refractivity contribution in [1.82, 2.24) is 0 Å². The molecule has 0 saturated heterocycles. The Balaban J connectivity index is 3.10. The molecular formula is C6H5BBrNO4. The highest BCUT2D eigenvalue weighted by Crippen LogP contribution is 2.33. The zero-order chi connectivity index (χ0) is 9.84. The van der Waals surface area contributed by atoms with Crippen LogP contribution in [-0.2, 0) is 0 Å². The molecule has 0 bridgehead atoms. The summed E-state index contributed by atoms with van der Waals surface area (Å²) in [5.74, 6) is 0.247. The Morgan fingerprint density at radius 3 is 2.85 bits per heavy atom. The van der Waals surface area contributed by atoms with Crippen molar-refractivity contribution in [3.63, 3.8) is 0 Å². The molecule has 68 valence electrons. The molecule has 1 rings (SSSR count). The predicted molar refractivity (Wildman–Crippen MR) is 50.8 cm³/mol. The molecule has 1 N–H and O–H groups in total. The number of halogens is 1. The van der Waals surface area contributed by atoms with E-state index in [0.29, 0.717) is 0 Å². The monoisotopic (exact) mass is 245 g/mol. The van der Waals surface area contributed by atoms with Crippen molar-refractivity contribution >= 4 is 29.3 Å². The van der Waals surface area contributed by atoms with Gasteiger partial charge < -0.3 is 9.68 Å². The number of nitrogens with zero attached hydrogens (tertiary/aromatic N) is 1. The quantitative estimate of drug-likeness (QED) is 0.490. The molecule has 5 nitrogen and oxygen atoms in total. The molecule has 0 fully saturated rings. The second-order valence-electron chi connectivity index (χ2n) is 2.12. The lowest BCUT2D eigenvalue weighted by atomic mass is 10.3. The minimum atomic E-state index is -0.533. The van der Waals surface area contributed by atoms with Crippen molar-refractivity contribution in [2.75, 3.05) is 0 Å². The summed E-state index contributed by atoms with van der Waals surface area (Å²) in [5, 5.41) is 18.9. The Morgan fingerprint density at radius 1 is 1.62 bits per heavy atom. The zero-order valence-electron chi connectivity index (χ0n) is 6.44. The first kappa shape index (κ1) is 10.0. The van der Waals surface area contributed by atoms with Gasteiger partial charge in [-0.3, -0.25) is 10.1 Å². The summed E-state index contributed by atoms with van der Waals surface area (Å²) in [6, 6.07) is 4.34. The van der Waals surface area contributed by atoms with Crippen LogP contribution in [0.2, 0.25) is 0 Å². The Morgan fingerprint density at radius 2 is 2.31 bits per heavy atom. The zero-order valence-corrected chi connectivity index (χ0v) is 8.02. The second-order valence-corrected chi connectivity index (χ2v) is 2.91. The van der Waals surface area contributed by atoms with Crippen molar-refractivity contribution < 1.29 is 14.6 Å². The number of hydrogen-bond donors (Lipinski definition) is 1. The van der Waals surface area contributed by atoms with Crippen LogP contribution < -0.4 is 4.65 Å².